The van der Waals surface area contributed by atoms with Crippen molar-refractivity contribution < 1.29 is 21.6 Å². The molecule has 1 aliphatic rings. The van der Waals surface area contributed by atoms with Gasteiger partial charge in [0, 0.05) is 25.7 Å². The fraction of sp³-hybridized carbons (Fsp3) is 0.538. The van der Waals surface area contributed by atoms with Crippen LogP contribution in [0.2, 0.25) is 0 Å². The molecular formula is C13H17F3N2O2S. The molecule has 0 spiro atoms. The van der Waals surface area contributed by atoms with E-state index in [-0.39, 0.29) is 23.0 Å². The van der Waals surface area contributed by atoms with Gasteiger partial charge in [0.2, 0.25) is 10.0 Å². The first kappa shape index (κ1) is 16.3. The van der Waals surface area contributed by atoms with Crippen LogP contribution in [0.15, 0.2) is 23.1 Å². The largest absolute Gasteiger partial charge is 0.416 e. The van der Waals surface area contributed by atoms with Gasteiger partial charge in [-0.25, -0.2) is 8.42 Å². The molecule has 0 aromatic heterocycles. The zero-order chi connectivity index (χ0) is 15.8. The SMILES string of the molecule is Cc1c(C(F)(F)F)cccc1S(=O)(=O)N1CCNCC1C. The summed E-state index contributed by atoms with van der Waals surface area (Å²) < 4.78 is 65.3. The second-order valence-corrected chi connectivity index (χ2v) is 6.95. The van der Waals surface area contributed by atoms with E-state index in [4.69, 9.17) is 0 Å². The summed E-state index contributed by atoms with van der Waals surface area (Å²) in [6, 6.07) is 2.97. The lowest BCUT2D eigenvalue weighted by atomic mass is 10.1. The monoisotopic (exact) mass is 322 g/mol. The quantitative estimate of drug-likeness (QED) is 0.906. The summed E-state index contributed by atoms with van der Waals surface area (Å²) in [5.74, 6) is 0. The number of rotatable bonds is 2. The Morgan fingerprint density at radius 3 is 2.57 bits per heavy atom. The molecule has 8 heteroatoms. The molecule has 1 aromatic rings. The maximum absolute atomic E-state index is 12.9. The van der Waals surface area contributed by atoms with Gasteiger partial charge in [-0.2, -0.15) is 17.5 Å². The minimum absolute atomic E-state index is 0.249. The molecule has 2 rings (SSSR count). The number of piperazine rings is 1. The molecule has 4 nitrogen and oxygen atoms in total. The topological polar surface area (TPSA) is 49.4 Å². The summed E-state index contributed by atoms with van der Waals surface area (Å²) in [4.78, 5) is -0.272. The lowest BCUT2D eigenvalue weighted by Crippen LogP contribution is -2.52. The first-order valence-electron chi connectivity index (χ1n) is 6.55. The van der Waals surface area contributed by atoms with Crippen molar-refractivity contribution in [3.63, 3.8) is 0 Å². The van der Waals surface area contributed by atoms with Gasteiger partial charge in [0.25, 0.3) is 0 Å². The predicted molar refractivity (Wildman–Crippen MR) is 72.4 cm³/mol. The highest BCUT2D eigenvalue weighted by atomic mass is 32.2. The summed E-state index contributed by atoms with van der Waals surface area (Å²) in [7, 11) is -3.93. The van der Waals surface area contributed by atoms with E-state index in [1.54, 1.807) is 6.92 Å². The Labute approximate surface area is 122 Å². The van der Waals surface area contributed by atoms with E-state index >= 15 is 0 Å². The van der Waals surface area contributed by atoms with Crippen LogP contribution in [0.1, 0.15) is 18.1 Å². The van der Waals surface area contributed by atoms with Crippen LogP contribution in [0, 0.1) is 6.92 Å². The van der Waals surface area contributed by atoms with Crippen LogP contribution in [0.4, 0.5) is 13.2 Å². The highest BCUT2D eigenvalue weighted by Gasteiger charge is 2.37. The molecule has 21 heavy (non-hydrogen) atoms. The molecule has 0 bridgehead atoms. The van der Waals surface area contributed by atoms with Crippen molar-refractivity contribution >= 4 is 10.0 Å². The summed E-state index contributed by atoms with van der Waals surface area (Å²) in [5, 5.41) is 3.05. The van der Waals surface area contributed by atoms with Gasteiger partial charge in [-0.1, -0.05) is 6.07 Å². The van der Waals surface area contributed by atoms with Gasteiger partial charge >= 0.3 is 6.18 Å². The van der Waals surface area contributed by atoms with Crippen LogP contribution in [-0.2, 0) is 16.2 Å². The van der Waals surface area contributed by atoms with E-state index in [1.165, 1.54) is 17.3 Å². The molecule has 1 aliphatic heterocycles. The van der Waals surface area contributed by atoms with Crippen LogP contribution in [0.5, 0.6) is 0 Å². The van der Waals surface area contributed by atoms with Gasteiger partial charge in [-0.3, -0.25) is 0 Å². The minimum Gasteiger partial charge on any atom is -0.314 e. The summed E-state index contributed by atoms with van der Waals surface area (Å²) in [6.45, 7) is 4.15. The Morgan fingerprint density at radius 2 is 2.00 bits per heavy atom. The number of alkyl halides is 3. The van der Waals surface area contributed by atoms with Crippen LogP contribution in [0.3, 0.4) is 0 Å². The maximum atomic E-state index is 12.9. The highest BCUT2D eigenvalue weighted by molar-refractivity contribution is 7.89. The molecule has 1 atom stereocenters. The number of halogens is 3. The van der Waals surface area contributed by atoms with Gasteiger partial charge in [0.05, 0.1) is 10.5 Å². The second-order valence-electron chi connectivity index (χ2n) is 5.10. The fourth-order valence-corrected chi connectivity index (χ4v) is 4.39. The first-order valence-corrected chi connectivity index (χ1v) is 7.99. The van der Waals surface area contributed by atoms with Gasteiger partial charge in [-0.05, 0) is 31.5 Å². The molecule has 1 aromatic carbocycles. The highest BCUT2D eigenvalue weighted by Crippen LogP contribution is 2.35. The van der Waals surface area contributed by atoms with Gasteiger partial charge in [0.1, 0.15) is 0 Å². The average Bonchev–Trinajstić information content (AvgIpc) is 2.37. The molecule has 118 valence electrons. The summed E-state index contributed by atoms with van der Waals surface area (Å²) >= 11 is 0. The Bertz CT molecular complexity index is 629. The number of hydrogen-bond donors (Lipinski definition) is 1. The molecule has 0 radical (unpaired) electrons. The van der Waals surface area contributed by atoms with E-state index in [2.05, 4.69) is 5.32 Å². The molecule has 0 aliphatic carbocycles. The number of nitrogens with one attached hydrogen (secondary N) is 1. The standard InChI is InChI=1S/C13H17F3N2O2S/c1-9-8-17-6-7-18(9)21(19,20)12-5-3-4-11(10(12)2)13(14,15)16/h3-5,9,17H,6-8H2,1-2H3. The van der Waals surface area contributed by atoms with Crippen molar-refractivity contribution in [3.8, 4) is 0 Å². The van der Waals surface area contributed by atoms with Gasteiger partial charge in [0.15, 0.2) is 0 Å². The smallest absolute Gasteiger partial charge is 0.314 e. The molecule has 1 N–H and O–H groups in total. The average molecular weight is 322 g/mol. The molecule has 1 unspecified atom stereocenters. The molecule has 1 saturated heterocycles. The lowest BCUT2D eigenvalue weighted by molar-refractivity contribution is -0.138. The normalized spacial score (nSPS) is 21.5. The molecule has 1 fully saturated rings. The van der Waals surface area contributed by atoms with Crippen molar-refractivity contribution in [3.05, 3.63) is 29.3 Å². The Kier molecular flexibility index (Phi) is 4.32. The summed E-state index contributed by atoms with van der Waals surface area (Å²) in [6.07, 6.45) is -4.56. The predicted octanol–water partition coefficient (Wildman–Crippen LogP) is 2.00. The van der Waals surface area contributed by atoms with Crippen molar-refractivity contribution in [2.75, 3.05) is 19.6 Å². The number of sulfonamides is 1. The van der Waals surface area contributed by atoms with E-state index in [0.717, 1.165) is 12.1 Å². The van der Waals surface area contributed by atoms with Crippen LogP contribution in [0.25, 0.3) is 0 Å². The third kappa shape index (κ3) is 3.07. The van der Waals surface area contributed by atoms with Gasteiger partial charge in [-0.15, -0.1) is 0 Å². The van der Waals surface area contributed by atoms with Gasteiger partial charge < -0.3 is 5.32 Å². The maximum Gasteiger partial charge on any atom is 0.416 e. The molecular weight excluding hydrogens is 305 g/mol. The Hall–Kier alpha value is -1.12. The second kappa shape index (κ2) is 5.58. The molecule has 1 heterocycles. The Balaban J connectivity index is 2.50. The number of benzene rings is 1. The summed E-state index contributed by atoms with van der Waals surface area (Å²) in [5.41, 5.74) is -1.16. The van der Waals surface area contributed by atoms with E-state index in [1.807, 2.05) is 0 Å². The molecule has 0 saturated carbocycles. The van der Waals surface area contributed by atoms with Crippen molar-refractivity contribution in [1.82, 2.24) is 9.62 Å². The first-order chi connectivity index (χ1) is 9.65. The van der Waals surface area contributed by atoms with Crippen molar-refractivity contribution in [1.29, 1.82) is 0 Å². The van der Waals surface area contributed by atoms with E-state index in [9.17, 15) is 21.6 Å². The fourth-order valence-electron chi connectivity index (χ4n) is 2.51. The minimum atomic E-state index is -4.56. The molecule has 0 amide bonds. The van der Waals surface area contributed by atoms with Crippen LogP contribution < -0.4 is 5.32 Å². The van der Waals surface area contributed by atoms with Crippen molar-refractivity contribution in [2.45, 2.75) is 31.0 Å². The third-order valence-corrected chi connectivity index (χ3v) is 5.77. The van der Waals surface area contributed by atoms with Crippen LogP contribution >= 0.6 is 0 Å². The third-order valence-electron chi connectivity index (χ3n) is 3.62. The zero-order valence-corrected chi connectivity index (χ0v) is 12.6. The number of hydrogen-bond acceptors (Lipinski definition) is 3. The van der Waals surface area contributed by atoms with Crippen LogP contribution in [-0.4, -0.2) is 38.4 Å². The number of nitrogens with zero attached hydrogens (tertiary/aromatic N) is 1. The van der Waals surface area contributed by atoms with E-state index in [0.29, 0.717) is 13.1 Å². The zero-order valence-electron chi connectivity index (χ0n) is 11.7. The van der Waals surface area contributed by atoms with E-state index < -0.39 is 21.8 Å². The van der Waals surface area contributed by atoms with Crippen molar-refractivity contribution in [2.24, 2.45) is 0 Å². The lowest BCUT2D eigenvalue weighted by Gasteiger charge is -2.33. The Morgan fingerprint density at radius 1 is 1.33 bits per heavy atom.